The molecule has 6 nitrogen and oxygen atoms in total. The molecular formula is C18H14Cl2N4O2. The molecule has 0 atom stereocenters. The van der Waals surface area contributed by atoms with E-state index in [-0.39, 0.29) is 5.57 Å². The molecule has 0 saturated carbocycles. The van der Waals surface area contributed by atoms with Crippen molar-refractivity contribution in [1.29, 1.82) is 5.26 Å². The Morgan fingerprint density at radius 1 is 1.19 bits per heavy atom. The van der Waals surface area contributed by atoms with Gasteiger partial charge in [0, 0.05) is 23.8 Å². The summed E-state index contributed by atoms with van der Waals surface area (Å²) in [6, 6.07) is 12.6. The highest BCUT2D eigenvalue weighted by Crippen LogP contribution is 2.26. The molecule has 26 heavy (non-hydrogen) atoms. The highest BCUT2D eigenvalue weighted by Gasteiger charge is 2.24. The fourth-order valence-electron chi connectivity index (χ4n) is 2.09. The summed E-state index contributed by atoms with van der Waals surface area (Å²) in [6.45, 7) is 1.23. The largest absolute Gasteiger partial charge is 0.399 e. The molecule has 0 bridgehead atoms. The number of imide groups is 1. The summed E-state index contributed by atoms with van der Waals surface area (Å²) in [5.74, 6) is -1.32. The Hall–Kier alpha value is -3.01. The van der Waals surface area contributed by atoms with E-state index >= 15 is 0 Å². The van der Waals surface area contributed by atoms with Crippen LogP contribution in [0.25, 0.3) is 0 Å². The Kier molecular flexibility index (Phi) is 6.23. The van der Waals surface area contributed by atoms with E-state index in [0.717, 1.165) is 4.90 Å². The molecule has 0 aliphatic heterocycles. The summed E-state index contributed by atoms with van der Waals surface area (Å²) in [6.07, 6.45) is 1.17. The SMILES string of the molecule is CC(=O)N(C(=O)/C(C#N)=C\Nc1cc(Cl)ccc1Cl)c1ccc(N)cc1. The van der Waals surface area contributed by atoms with Crippen molar-refractivity contribution in [3.8, 4) is 6.07 Å². The Labute approximate surface area is 160 Å². The Bertz CT molecular complexity index is 918. The third kappa shape index (κ3) is 4.54. The van der Waals surface area contributed by atoms with Crippen LogP contribution in [0.4, 0.5) is 17.1 Å². The van der Waals surface area contributed by atoms with Gasteiger partial charge in [-0.25, -0.2) is 4.90 Å². The van der Waals surface area contributed by atoms with Gasteiger partial charge in [0.1, 0.15) is 11.6 Å². The normalized spacial score (nSPS) is 10.8. The summed E-state index contributed by atoms with van der Waals surface area (Å²) in [7, 11) is 0. The Morgan fingerprint density at radius 2 is 1.85 bits per heavy atom. The zero-order valence-electron chi connectivity index (χ0n) is 13.7. The average molecular weight is 389 g/mol. The van der Waals surface area contributed by atoms with Crippen LogP contribution < -0.4 is 16.0 Å². The van der Waals surface area contributed by atoms with Crippen molar-refractivity contribution in [2.45, 2.75) is 6.92 Å². The number of halogens is 2. The van der Waals surface area contributed by atoms with E-state index in [9.17, 15) is 14.9 Å². The van der Waals surface area contributed by atoms with Crippen LogP contribution in [0, 0.1) is 11.3 Å². The number of nitriles is 1. The molecule has 2 rings (SSSR count). The molecule has 0 unspecified atom stereocenters. The number of carbonyl (C=O) groups is 2. The molecule has 0 heterocycles. The number of benzene rings is 2. The molecule has 0 aromatic heterocycles. The number of amides is 2. The van der Waals surface area contributed by atoms with E-state index in [1.807, 2.05) is 0 Å². The minimum atomic E-state index is -0.782. The van der Waals surface area contributed by atoms with Crippen molar-refractivity contribution < 1.29 is 9.59 Å². The number of hydrogen-bond donors (Lipinski definition) is 2. The molecule has 0 fully saturated rings. The second-order valence-electron chi connectivity index (χ2n) is 5.19. The summed E-state index contributed by atoms with van der Waals surface area (Å²) in [5.41, 5.74) is 6.54. The molecule has 2 aromatic carbocycles. The fourth-order valence-corrected chi connectivity index (χ4v) is 2.43. The molecule has 0 spiro atoms. The maximum atomic E-state index is 12.7. The number of hydrogen-bond acceptors (Lipinski definition) is 5. The molecule has 0 saturated heterocycles. The number of nitrogen functional groups attached to an aromatic ring is 1. The monoisotopic (exact) mass is 388 g/mol. The van der Waals surface area contributed by atoms with Crippen LogP contribution in [0.5, 0.6) is 0 Å². The Balaban J connectivity index is 2.33. The molecule has 3 N–H and O–H groups in total. The maximum absolute atomic E-state index is 12.7. The van der Waals surface area contributed by atoms with E-state index in [4.69, 9.17) is 28.9 Å². The van der Waals surface area contributed by atoms with E-state index < -0.39 is 11.8 Å². The summed E-state index contributed by atoms with van der Waals surface area (Å²) >= 11 is 11.9. The standard InChI is InChI=1S/C18H14Cl2N4O2/c1-11(25)24(15-5-3-14(22)4-6-15)18(26)12(9-21)10-23-17-8-13(19)2-7-16(17)20/h2-8,10,23H,22H2,1H3/b12-10-. The van der Waals surface area contributed by atoms with Gasteiger partial charge in [-0.1, -0.05) is 23.2 Å². The fraction of sp³-hybridized carbons (Fsp3) is 0.0556. The van der Waals surface area contributed by atoms with Crippen molar-refractivity contribution in [1.82, 2.24) is 0 Å². The maximum Gasteiger partial charge on any atom is 0.277 e. The zero-order chi connectivity index (χ0) is 19.3. The predicted octanol–water partition coefficient (Wildman–Crippen LogP) is 3.97. The smallest absolute Gasteiger partial charge is 0.277 e. The van der Waals surface area contributed by atoms with Crippen molar-refractivity contribution >= 4 is 52.1 Å². The van der Waals surface area contributed by atoms with Gasteiger partial charge < -0.3 is 11.1 Å². The van der Waals surface area contributed by atoms with Gasteiger partial charge in [0.25, 0.3) is 5.91 Å². The van der Waals surface area contributed by atoms with Gasteiger partial charge in [-0.3, -0.25) is 9.59 Å². The second kappa shape index (κ2) is 8.39. The minimum Gasteiger partial charge on any atom is -0.399 e. The number of nitrogens with two attached hydrogens (primary N) is 1. The van der Waals surface area contributed by atoms with E-state index in [1.54, 1.807) is 36.4 Å². The topological polar surface area (TPSA) is 99.2 Å². The van der Waals surface area contributed by atoms with Crippen molar-refractivity contribution in [2.24, 2.45) is 0 Å². The van der Waals surface area contributed by atoms with Crippen LogP contribution in [-0.4, -0.2) is 11.8 Å². The van der Waals surface area contributed by atoms with Gasteiger partial charge in [-0.2, -0.15) is 5.26 Å². The predicted molar refractivity (Wildman–Crippen MR) is 103 cm³/mol. The number of rotatable bonds is 4. The van der Waals surface area contributed by atoms with Gasteiger partial charge in [-0.05, 0) is 42.5 Å². The zero-order valence-corrected chi connectivity index (χ0v) is 15.2. The van der Waals surface area contributed by atoms with E-state index in [1.165, 1.54) is 25.3 Å². The van der Waals surface area contributed by atoms with E-state index in [0.29, 0.717) is 27.1 Å². The Morgan fingerprint density at radius 3 is 2.42 bits per heavy atom. The molecule has 0 aliphatic rings. The summed E-state index contributed by atoms with van der Waals surface area (Å²) in [4.78, 5) is 25.5. The average Bonchev–Trinajstić information content (AvgIpc) is 2.60. The molecule has 2 amide bonds. The van der Waals surface area contributed by atoms with Gasteiger partial charge in [0.05, 0.1) is 16.4 Å². The minimum absolute atomic E-state index is 0.284. The van der Waals surface area contributed by atoms with Gasteiger partial charge in [0.2, 0.25) is 5.91 Å². The number of anilines is 3. The van der Waals surface area contributed by atoms with E-state index in [2.05, 4.69) is 5.32 Å². The number of nitrogens with zero attached hydrogens (tertiary/aromatic N) is 2. The van der Waals surface area contributed by atoms with Crippen LogP contribution in [0.1, 0.15) is 6.92 Å². The van der Waals surface area contributed by atoms with Crippen LogP contribution >= 0.6 is 23.2 Å². The molecule has 2 aromatic rings. The first kappa shape index (κ1) is 19.3. The van der Waals surface area contributed by atoms with Crippen molar-refractivity contribution in [3.63, 3.8) is 0 Å². The molecule has 0 radical (unpaired) electrons. The van der Waals surface area contributed by atoms with Crippen molar-refractivity contribution in [2.75, 3.05) is 16.0 Å². The molecule has 8 heteroatoms. The third-order valence-corrected chi connectivity index (χ3v) is 3.89. The van der Waals surface area contributed by atoms with Crippen LogP contribution in [0.15, 0.2) is 54.2 Å². The summed E-state index contributed by atoms with van der Waals surface area (Å²) in [5, 5.41) is 12.9. The van der Waals surface area contributed by atoms with Gasteiger partial charge in [-0.15, -0.1) is 0 Å². The van der Waals surface area contributed by atoms with Crippen LogP contribution in [0.2, 0.25) is 10.0 Å². The molecule has 0 aliphatic carbocycles. The first-order valence-electron chi connectivity index (χ1n) is 7.36. The van der Waals surface area contributed by atoms with Gasteiger partial charge in [0.15, 0.2) is 0 Å². The van der Waals surface area contributed by atoms with Crippen molar-refractivity contribution in [3.05, 3.63) is 64.3 Å². The lowest BCUT2D eigenvalue weighted by atomic mass is 10.2. The number of nitrogens with one attached hydrogen (secondary N) is 1. The van der Waals surface area contributed by atoms with Crippen LogP contribution in [0.3, 0.4) is 0 Å². The first-order valence-corrected chi connectivity index (χ1v) is 8.11. The van der Waals surface area contributed by atoms with Crippen LogP contribution in [-0.2, 0) is 9.59 Å². The lowest BCUT2D eigenvalue weighted by molar-refractivity contribution is -0.123. The highest BCUT2D eigenvalue weighted by atomic mass is 35.5. The summed E-state index contributed by atoms with van der Waals surface area (Å²) < 4.78 is 0. The number of carbonyl (C=O) groups excluding carboxylic acids is 2. The highest BCUT2D eigenvalue weighted by molar-refractivity contribution is 6.35. The molecule has 132 valence electrons. The first-order chi connectivity index (χ1) is 12.3. The lowest BCUT2D eigenvalue weighted by Crippen LogP contribution is -2.36. The third-order valence-electron chi connectivity index (χ3n) is 3.32. The lowest BCUT2D eigenvalue weighted by Gasteiger charge is -2.19. The molecular weight excluding hydrogens is 375 g/mol. The van der Waals surface area contributed by atoms with Gasteiger partial charge >= 0.3 is 0 Å². The quantitative estimate of drug-likeness (QED) is 0.468. The second-order valence-corrected chi connectivity index (χ2v) is 6.03.